The molecule has 11 nitrogen and oxygen atoms in total. The molecular formula is C24H17ClN6O5S. The summed E-state index contributed by atoms with van der Waals surface area (Å²) < 4.78 is 28.2. The van der Waals surface area contributed by atoms with Gasteiger partial charge in [-0.3, -0.25) is 24.3 Å². The van der Waals surface area contributed by atoms with Crippen molar-refractivity contribution in [3.63, 3.8) is 0 Å². The van der Waals surface area contributed by atoms with E-state index >= 15 is 0 Å². The maximum absolute atomic E-state index is 13.6. The molecule has 2 heterocycles. The first kappa shape index (κ1) is 24.2. The van der Waals surface area contributed by atoms with E-state index in [2.05, 4.69) is 20.7 Å². The Labute approximate surface area is 215 Å². The van der Waals surface area contributed by atoms with Crippen LogP contribution in [0.25, 0.3) is 22.5 Å². The highest BCUT2D eigenvalue weighted by Crippen LogP contribution is 2.46. The number of nitrogens with zero attached hydrogens (tertiary/aromatic N) is 4. The van der Waals surface area contributed by atoms with E-state index < -0.39 is 27.4 Å². The van der Waals surface area contributed by atoms with Crippen molar-refractivity contribution < 1.29 is 18.1 Å². The molecule has 0 fully saturated rings. The molecule has 1 amide bonds. The van der Waals surface area contributed by atoms with Crippen LogP contribution in [0.1, 0.15) is 5.56 Å². The largest absolute Gasteiger partial charge is 0.275 e. The van der Waals surface area contributed by atoms with Gasteiger partial charge in [-0.05, 0) is 35.9 Å². The van der Waals surface area contributed by atoms with Crippen LogP contribution in [0.3, 0.4) is 0 Å². The van der Waals surface area contributed by atoms with Crippen molar-refractivity contribution in [2.75, 3.05) is 10.8 Å². The quantitative estimate of drug-likeness (QED) is 0.216. The number of sulfonamides is 1. The first-order valence-corrected chi connectivity index (χ1v) is 12.6. The number of non-ortho nitro benzene ring substituents is 1. The lowest BCUT2D eigenvalue weighted by molar-refractivity contribution is -0.384. The SMILES string of the molecule is O=C(CN1c2c(-c3cccc(Cl)c3)n[nH]c2-c2ccccc2S1(=O)=O)N/N=C/c1ccc([N+](=O)[O-])cc1. The van der Waals surface area contributed by atoms with Crippen LogP contribution in [0.4, 0.5) is 11.4 Å². The zero-order valence-corrected chi connectivity index (χ0v) is 20.4. The zero-order chi connectivity index (χ0) is 26.2. The Morgan fingerprint density at radius 1 is 1.14 bits per heavy atom. The fourth-order valence-corrected chi connectivity index (χ4v) is 5.76. The Bertz CT molecular complexity index is 1670. The highest BCUT2D eigenvalue weighted by molar-refractivity contribution is 7.93. The summed E-state index contributed by atoms with van der Waals surface area (Å²) in [6.45, 7) is -0.575. The molecule has 13 heteroatoms. The van der Waals surface area contributed by atoms with Crippen LogP contribution in [-0.4, -0.2) is 42.2 Å². The molecule has 0 unspecified atom stereocenters. The fourth-order valence-electron chi connectivity index (χ4n) is 3.93. The molecule has 0 saturated heterocycles. The summed E-state index contributed by atoms with van der Waals surface area (Å²) in [5, 5.41) is 22.3. The summed E-state index contributed by atoms with van der Waals surface area (Å²) in [5.41, 5.74) is 4.72. The lowest BCUT2D eigenvalue weighted by Gasteiger charge is -2.29. The lowest BCUT2D eigenvalue weighted by atomic mass is 10.1. The van der Waals surface area contributed by atoms with Gasteiger partial charge in [-0.15, -0.1) is 0 Å². The predicted molar refractivity (Wildman–Crippen MR) is 138 cm³/mol. The summed E-state index contributed by atoms with van der Waals surface area (Å²) in [6, 6.07) is 18.8. The average Bonchev–Trinajstić information content (AvgIpc) is 3.32. The summed E-state index contributed by atoms with van der Waals surface area (Å²) in [6.07, 6.45) is 1.29. The molecule has 0 aliphatic carbocycles. The molecule has 1 aliphatic heterocycles. The monoisotopic (exact) mass is 536 g/mol. The van der Waals surface area contributed by atoms with Crippen molar-refractivity contribution >= 4 is 45.1 Å². The van der Waals surface area contributed by atoms with E-state index in [-0.39, 0.29) is 16.3 Å². The van der Waals surface area contributed by atoms with Crippen molar-refractivity contribution in [2.24, 2.45) is 5.10 Å². The number of aromatic amines is 1. The van der Waals surface area contributed by atoms with Gasteiger partial charge in [0.25, 0.3) is 21.6 Å². The molecule has 0 radical (unpaired) electrons. The van der Waals surface area contributed by atoms with Gasteiger partial charge >= 0.3 is 0 Å². The Morgan fingerprint density at radius 3 is 2.62 bits per heavy atom. The normalized spacial score (nSPS) is 13.7. The predicted octanol–water partition coefficient (Wildman–Crippen LogP) is 3.96. The van der Waals surface area contributed by atoms with E-state index in [0.29, 0.717) is 33.1 Å². The molecule has 0 atom stereocenters. The van der Waals surface area contributed by atoms with Crippen molar-refractivity contribution in [1.29, 1.82) is 0 Å². The van der Waals surface area contributed by atoms with Gasteiger partial charge in [-0.1, -0.05) is 41.9 Å². The molecule has 0 bridgehead atoms. The first-order chi connectivity index (χ1) is 17.8. The summed E-state index contributed by atoms with van der Waals surface area (Å²) in [5.74, 6) is -0.703. The standard InChI is InChI=1S/C24H17ClN6O5S/c25-17-5-3-4-16(12-17)22-24-23(29-28-22)19-6-1-2-7-20(19)37(35,36)30(24)14-21(32)27-26-13-15-8-10-18(11-9-15)31(33)34/h1-13H,14H2,(H,27,32)(H,28,29)/b26-13+. The van der Waals surface area contributed by atoms with Gasteiger partial charge in [0.15, 0.2) is 0 Å². The Morgan fingerprint density at radius 2 is 1.89 bits per heavy atom. The minimum Gasteiger partial charge on any atom is -0.275 e. The number of hydrogen-bond acceptors (Lipinski definition) is 7. The summed E-state index contributed by atoms with van der Waals surface area (Å²) in [7, 11) is -4.13. The Hall–Kier alpha value is -4.55. The molecule has 186 valence electrons. The molecule has 1 aromatic heterocycles. The molecule has 3 aromatic carbocycles. The van der Waals surface area contributed by atoms with Crippen LogP contribution in [0.2, 0.25) is 5.02 Å². The fraction of sp³-hybridized carbons (Fsp3) is 0.0417. The van der Waals surface area contributed by atoms with Crippen LogP contribution in [0.15, 0.2) is 82.8 Å². The number of fused-ring (bicyclic) bond motifs is 3. The number of hydrazone groups is 1. The number of rotatable bonds is 6. The molecule has 0 saturated carbocycles. The molecular weight excluding hydrogens is 520 g/mol. The molecule has 5 rings (SSSR count). The van der Waals surface area contributed by atoms with E-state index in [9.17, 15) is 23.3 Å². The van der Waals surface area contributed by atoms with Crippen LogP contribution >= 0.6 is 11.6 Å². The second kappa shape index (κ2) is 9.48. The number of halogens is 1. The molecule has 2 N–H and O–H groups in total. The van der Waals surface area contributed by atoms with Gasteiger partial charge in [-0.25, -0.2) is 13.8 Å². The molecule has 1 aliphatic rings. The number of anilines is 1. The minimum absolute atomic E-state index is 0.0333. The summed E-state index contributed by atoms with van der Waals surface area (Å²) in [4.78, 5) is 23.1. The number of amides is 1. The van der Waals surface area contributed by atoms with Crippen molar-refractivity contribution in [1.82, 2.24) is 15.6 Å². The number of hydrogen-bond donors (Lipinski definition) is 2. The second-order valence-corrected chi connectivity index (χ2v) is 10.2. The highest BCUT2D eigenvalue weighted by Gasteiger charge is 2.39. The van der Waals surface area contributed by atoms with Crippen LogP contribution < -0.4 is 9.73 Å². The first-order valence-electron chi connectivity index (χ1n) is 10.8. The second-order valence-electron chi connectivity index (χ2n) is 7.96. The van der Waals surface area contributed by atoms with Gasteiger partial charge in [0.05, 0.1) is 21.7 Å². The van der Waals surface area contributed by atoms with Crippen LogP contribution in [-0.2, 0) is 14.8 Å². The smallest absolute Gasteiger partial charge is 0.269 e. The van der Waals surface area contributed by atoms with E-state index in [1.807, 2.05) is 0 Å². The third-order valence-corrected chi connectivity index (χ3v) is 7.65. The number of nitro groups is 1. The van der Waals surface area contributed by atoms with Crippen molar-refractivity contribution in [3.8, 4) is 22.5 Å². The summed E-state index contributed by atoms with van der Waals surface area (Å²) >= 11 is 6.15. The van der Waals surface area contributed by atoms with E-state index in [1.165, 1.54) is 36.5 Å². The average molecular weight is 537 g/mol. The van der Waals surface area contributed by atoms with E-state index in [0.717, 1.165) is 4.31 Å². The number of carbonyl (C=O) groups excluding carboxylic acids is 1. The Kier molecular flexibility index (Phi) is 6.19. The van der Waals surface area contributed by atoms with Gasteiger partial charge < -0.3 is 0 Å². The number of nitrogens with one attached hydrogen (secondary N) is 2. The van der Waals surface area contributed by atoms with Crippen LogP contribution in [0.5, 0.6) is 0 Å². The molecule has 37 heavy (non-hydrogen) atoms. The van der Waals surface area contributed by atoms with Crippen molar-refractivity contribution in [3.05, 3.63) is 93.5 Å². The number of carbonyl (C=O) groups is 1. The van der Waals surface area contributed by atoms with Crippen LogP contribution in [0, 0.1) is 10.1 Å². The molecule has 0 spiro atoms. The third kappa shape index (κ3) is 4.55. The van der Waals surface area contributed by atoms with Gasteiger partial charge in [0.2, 0.25) is 0 Å². The maximum atomic E-state index is 13.6. The highest BCUT2D eigenvalue weighted by atomic mass is 35.5. The maximum Gasteiger partial charge on any atom is 0.269 e. The lowest BCUT2D eigenvalue weighted by Crippen LogP contribution is -2.41. The number of H-pyrrole nitrogens is 1. The number of aromatic nitrogens is 2. The third-order valence-electron chi connectivity index (χ3n) is 5.61. The zero-order valence-electron chi connectivity index (χ0n) is 18.8. The number of nitro benzene ring substituents is 1. The van der Waals surface area contributed by atoms with Gasteiger partial charge in [-0.2, -0.15) is 10.2 Å². The van der Waals surface area contributed by atoms with E-state index in [1.54, 1.807) is 42.5 Å². The topological polar surface area (TPSA) is 151 Å². The van der Waals surface area contributed by atoms with E-state index in [4.69, 9.17) is 11.6 Å². The molecule has 4 aromatic rings. The van der Waals surface area contributed by atoms with Gasteiger partial charge in [0.1, 0.15) is 17.9 Å². The Balaban J connectivity index is 1.47. The van der Waals surface area contributed by atoms with Crippen molar-refractivity contribution in [2.45, 2.75) is 4.90 Å². The number of benzene rings is 3. The van der Waals surface area contributed by atoms with Gasteiger partial charge in [0, 0.05) is 28.3 Å². The minimum atomic E-state index is -4.13.